The maximum absolute atomic E-state index is 9.34. The van der Waals surface area contributed by atoms with Crippen molar-refractivity contribution in [3.05, 3.63) is 0 Å². The van der Waals surface area contributed by atoms with Crippen molar-refractivity contribution >= 4 is 0 Å². The normalized spacial score (nSPS) is 37.0. The Balaban J connectivity index is 2.04. The Labute approximate surface area is 123 Å². The van der Waals surface area contributed by atoms with Gasteiger partial charge in [-0.05, 0) is 43.1 Å². The fraction of sp³-hybridized carbons (Fsp3) is 1.00. The van der Waals surface area contributed by atoms with Crippen LogP contribution in [-0.4, -0.2) is 55.0 Å². The largest absolute Gasteiger partial charge is 0.394 e. The second-order valence-electron chi connectivity index (χ2n) is 7.61. The average Bonchev–Trinajstić information content (AvgIpc) is 2.45. The number of aliphatic hydroxyl groups excluding tert-OH is 1. The van der Waals surface area contributed by atoms with Crippen molar-refractivity contribution < 1.29 is 9.84 Å². The van der Waals surface area contributed by atoms with Crippen LogP contribution in [0.5, 0.6) is 0 Å². The van der Waals surface area contributed by atoms with Gasteiger partial charge in [0.25, 0.3) is 0 Å². The topological polar surface area (TPSA) is 58.7 Å². The minimum absolute atomic E-state index is 0.0165. The first-order valence-corrected chi connectivity index (χ1v) is 8.12. The first-order chi connectivity index (χ1) is 9.45. The van der Waals surface area contributed by atoms with Gasteiger partial charge in [0.05, 0.1) is 19.3 Å². The Morgan fingerprint density at radius 3 is 2.65 bits per heavy atom. The lowest BCUT2D eigenvalue weighted by molar-refractivity contribution is -0.0825. The van der Waals surface area contributed by atoms with Crippen molar-refractivity contribution in [3.8, 4) is 0 Å². The predicted octanol–water partition coefficient (Wildman–Crippen LogP) is 1.47. The summed E-state index contributed by atoms with van der Waals surface area (Å²) in [7, 11) is 0. The van der Waals surface area contributed by atoms with E-state index in [1.165, 1.54) is 19.3 Å². The van der Waals surface area contributed by atoms with Crippen molar-refractivity contribution in [2.75, 3.05) is 32.8 Å². The number of aliphatic hydroxyl groups is 1. The van der Waals surface area contributed by atoms with E-state index >= 15 is 0 Å². The summed E-state index contributed by atoms with van der Waals surface area (Å²) in [6.45, 7) is 10.5. The zero-order valence-electron chi connectivity index (χ0n) is 13.3. The molecule has 0 spiro atoms. The summed E-state index contributed by atoms with van der Waals surface area (Å²) in [5.74, 6) is 1.37. The third-order valence-electron chi connectivity index (χ3n) is 5.33. The van der Waals surface area contributed by atoms with Gasteiger partial charge in [-0.25, -0.2) is 0 Å². The quantitative estimate of drug-likeness (QED) is 0.824. The monoisotopic (exact) mass is 284 g/mol. The molecule has 0 bridgehead atoms. The molecular formula is C16H32N2O2. The van der Waals surface area contributed by atoms with Gasteiger partial charge < -0.3 is 15.6 Å². The molecule has 1 saturated carbocycles. The first-order valence-electron chi connectivity index (χ1n) is 8.12. The van der Waals surface area contributed by atoms with E-state index in [-0.39, 0.29) is 12.7 Å². The van der Waals surface area contributed by atoms with Gasteiger partial charge in [-0.1, -0.05) is 20.8 Å². The van der Waals surface area contributed by atoms with E-state index in [1.807, 2.05) is 0 Å². The van der Waals surface area contributed by atoms with Gasteiger partial charge in [0.2, 0.25) is 0 Å². The molecular weight excluding hydrogens is 252 g/mol. The van der Waals surface area contributed by atoms with Gasteiger partial charge in [-0.2, -0.15) is 0 Å². The van der Waals surface area contributed by atoms with Crippen LogP contribution in [0.1, 0.15) is 40.0 Å². The Morgan fingerprint density at radius 1 is 1.30 bits per heavy atom. The van der Waals surface area contributed by atoms with Crippen molar-refractivity contribution in [1.82, 2.24) is 4.90 Å². The molecule has 3 N–H and O–H groups in total. The second kappa shape index (κ2) is 6.73. The van der Waals surface area contributed by atoms with E-state index in [0.29, 0.717) is 17.4 Å². The van der Waals surface area contributed by atoms with Crippen LogP contribution in [0.25, 0.3) is 0 Å². The van der Waals surface area contributed by atoms with E-state index in [0.717, 1.165) is 32.2 Å². The molecule has 1 saturated heterocycles. The second-order valence-corrected chi connectivity index (χ2v) is 7.61. The third-order valence-corrected chi connectivity index (χ3v) is 5.33. The SMILES string of the molecule is CC(C)(C)C1CCC(CN)C(N2CCOC(CO)C2)C1. The highest BCUT2D eigenvalue weighted by Gasteiger charge is 2.39. The summed E-state index contributed by atoms with van der Waals surface area (Å²) in [6.07, 6.45) is 3.76. The fourth-order valence-electron chi connectivity index (χ4n) is 3.87. The smallest absolute Gasteiger partial charge is 0.0932 e. The van der Waals surface area contributed by atoms with Crippen molar-refractivity contribution in [2.45, 2.75) is 52.2 Å². The standard InChI is InChI=1S/C16H32N2O2/c1-16(2,3)13-5-4-12(9-17)15(8-13)18-6-7-20-14(10-18)11-19/h12-15,19H,4-11,17H2,1-3H3. The predicted molar refractivity (Wildman–Crippen MR) is 81.5 cm³/mol. The molecule has 0 aromatic carbocycles. The summed E-state index contributed by atoms with van der Waals surface area (Å²) < 4.78 is 5.59. The summed E-state index contributed by atoms with van der Waals surface area (Å²) in [5.41, 5.74) is 6.39. The van der Waals surface area contributed by atoms with Gasteiger partial charge in [-0.15, -0.1) is 0 Å². The number of rotatable bonds is 3. The maximum atomic E-state index is 9.34. The molecule has 0 radical (unpaired) electrons. The number of hydrogen-bond acceptors (Lipinski definition) is 4. The molecule has 1 aliphatic heterocycles. The van der Waals surface area contributed by atoms with E-state index in [4.69, 9.17) is 10.5 Å². The number of ether oxygens (including phenoxy) is 1. The van der Waals surface area contributed by atoms with Crippen LogP contribution in [-0.2, 0) is 4.74 Å². The van der Waals surface area contributed by atoms with Crippen LogP contribution in [0.2, 0.25) is 0 Å². The Bertz CT molecular complexity index is 303. The highest BCUT2D eigenvalue weighted by molar-refractivity contribution is 4.92. The molecule has 118 valence electrons. The zero-order chi connectivity index (χ0) is 14.8. The molecule has 1 heterocycles. The molecule has 2 aliphatic rings. The van der Waals surface area contributed by atoms with Gasteiger partial charge >= 0.3 is 0 Å². The fourth-order valence-corrected chi connectivity index (χ4v) is 3.87. The molecule has 0 amide bonds. The highest BCUT2D eigenvalue weighted by atomic mass is 16.5. The van der Waals surface area contributed by atoms with Crippen molar-refractivity contribution in [1.29, 1.82) is 0 Å². The van der Waals surface area contributed by atoms with E-state index in [1.54, 1.807) is 0 Å². The molecule has 1 aliphatic carbocycles. The van der Waals surface area contributed by atoms with E-state index in [2.05, 4.69) is 25.7 Å². The van der Waals surface area contributed by atoms with Crippen LogP contribution in [0.4, 0.5) is 0 Å². The molecule has 2 rings (SSSR count). The molecule has 4 unspecified atom stereocenters. The van der Waals surface area contributed by atoms with Gasteiger partial charge in [0, 0.05) is 19.1 Å². The molecule has 20 heavy (non-hydrogen) atoms. The van der Waals surface area contributed by atoms with Crippen LogP contribution < -0.4 is 5.73 Å². The lowest BCUT2D eigenvalue weighted by atomic mass is 9.67. The van der Waals surface area contributed by atoms with E-state index < -0.39 is 0 Å². The first kappa shape index (κ1) is 16.2. The number of nitrogens with zero attached hydrogens (tertiary/aromatic N) is 1. The summed E-state index contributed by atoms with van der Waals surface area (Å²) in [4.78, 5) is 2.53. The van der Waals surface area contributed by atoms with Crippen molar-refractivity contribution in [2.24, 2.45) is 23.0 Å². The van der Waals surface area contributed by atoms with Crippen LogP contribution in [0.3, 0.4) is 0 Å². The number of morpholine rings is 1. The molecule has 4 nitrogen and oxygen atoms in total. The lowest BCUT2D eigenvalue weighted by Crippen LogP contribution is -2.54. The third kappa shape index (κ3) is 3.73. The Morgan fingerprint density at radius 2 is 2.05 bits per heavy atom. The summed E-state index contributed by atoms with van der Waals surface area (Å²) >= 11 is 0. The van der Waals surface area contributed by atoms with Crippen LogP contribution >= 0.6 is 0 Å². The van der Waals surface area contributed by atoms with Gasteiger partial charge in [0.1, 0.15) is 0 Å². The lowest BCUT2D eigenvalue weighted by Gasteiger charge is -2.48. The minimum Gasteiger partial charge on any atom is -0.394 e. The number of hydrogen-bond donors (Lipinski definition) is 2. The summed E-state index contributed by atoms with van der Waals surface area (Å²) in [6, 6.07) is 0.566. The van der Waals surface area contributed by atoms with Crippen LogP contribution in [0, 0.1) is 17.3 Å². The molecule has 4 heteroatoms. The van der Waals surface area contributed by atoms with E-state index in [9.17, 15) is 5.11 Å². The Hall–Kier alpha value is -0.160. The van der Waals surface area contributed by atoms with Crippen LogP contribution in [0.15, 0.2) is 0 Å². The zero-order valence-corrected chi connectivity index (χ0v) is 13.3. The molecule has 4 atom stereocenters. The Kier molecular flexibility index (Phi) is 5.46. The average molecular weight is 284 g/mol. The number of nitrogens with two attached hydrogens (primary N) is 1. The highest BCUT2D eigenvalue weighted by Crippen LogP contribution is 2.41. The minimum atomic E-state index is -0.0165. The molecule has 0 aromatic heterocycles. The van der Waals surface area contributed by atoms with Crippen molar-refractivity contribution in [3.63, 3.8) is 0 Å². The van der Waals surface area contributed by atoms with Gasteiger partial charge in [-0.3, -0.25) is 4.90 Å². The van der Waals surface area contributed by atoms with Gasteiger partial charge in [0.15, 0.2) is 0 Å². The maximum Gasteiger partial charge on any atom is 0.0932 e. The molecule has 2 fully saturated rings. The summed E-state index contributed by atoms with van der Waals surface area (Å²) in [5, 5.41) is 9.34. The molecule has 0 aromatic rings.